The number of fused-ring (bicyclic) bond motifs is 10. The molecule has 4 aromatic carbocycles. The van der Waals surface area contributed by atoms with E-state index in [0.29, 0.717) is 0 Å². The number of aryl methyl sites for hydroxylation is 2. The number of hydrogen-bond acceptors (Lipinski definition) is 0. The Hall–Kier alpha value is -0.144. The minimum atomic E-state index is 0. The summed E-state index contributed by atoms with van der Waals surface area (Å²) in [6.07, 6.45) is 31.2. The third kappa shape index (κ3) is 15.9. The molecule has 2 heterocycles. The van der Waals surface area contributed by atoms with Crippen LogP contribution in [0.5, 0.6) is 0 Å². The Morgan fingerprint density at radius 2 is 0.727 bits per heavy atom. The van der Waals surface area contributed by atoms with E-state index >= 15 is 0 Å². The molecular weight excluding hydrogens is 1100 g/mol. The summed E-state index contributed by atoms with van der Waals surface area (Å²) in [4.78, 5) is 6.56. The van der Waals surface area contributed by atoms with Crippen LogP contribution in [0.4, 0.5) is 0 Å². The average molecular weight is 1190 g/mol. The van der Waals surface area contributed by atoms with Crippen molar-refractivity contribution in [1.29, 1.82) is 0 Å². The molecule has 6 aliphatic rings. The third-order valence-electron chi connectivity index (χ3n) is 13.9. The molecular formula is C60H82N2Y4-4. The van der Waals surface area contributed by atoms with Gasteiger partial charge in [-0.05, 0) is 227 Å². The second-order valence-corrected chi connectivity index (χ2v) is 18.5. The zero-order valence-electron chi connectivity index (χ0n) is 40.8. The van der Waals surface area contributed by atoms with Crippen LogP contribution in [0.1, 0.15) is 135 Å². The molecule has 6 aromatic rings. The molecule has 4 unspecified atom stereocenters. The molecule has 0 aliphatic heterocycles. The maximum Gasteiger partial charge on any atom is 0.0456 e. The summed E-state index contributed by atoms with van der Waals surface area (Å²) in [5.74, 6) is 3.48. The Morgan fingerprint density at radius 1 is 0.394 bits per heavy atom. The van der Waals surface area contributed by atoms with Crippen molar-refractivity contribution in [3.8, 4) is 0 Å². The molecule has 0 saturated carbocycles. The van der Waals surface area contributed by atoms with Gasteiger partial charge in [-0.1, -0.05) is 91.1 Å². The summed E-state index contributed by atoms with van der Waals surface area (Å²) >= 11 is 0. The average Bonchev–Trinajstić information content (AvgIpc) is 4.04. The summed E-state index contributed by atoms with van der Waals surface area (Å²) in [5, 5.41) is 2.72. The fraction of sp³-hybridized carbons (Fsp3) is 0.400. The molecule has 0 spiro atoms. The molecule has 0 saturated heterocycles. The maximum atomic E-state index is 3.28. The van der Waals surface area contributed by atoms with Crippen molar-refractivity contribution in [3.05, 3.63) is 182 Å². The summed E-state index contributed by atoms with van der Waals surface area (Å²) in [6, 6.07) is 23.1. The Labute approximate surface area is 505 Å². The van der Waals surface area contributed by atoms with Gasteiger partial charge >= 0.3 is 0 Å². The molecule has 2 aromatic heterocycles. The largest absolute Gasteiger partial charge is 0.361 e. The molecule has 4 atom stereocenters. The van der Waals surface area contributed by atoms with Gasteiger partial charge in [0, 0.05) is 154 Å². The van der Waals surface area contributed by atoms with E-state index < -0.39 is 0 Å². The van der Waals surface area contributed by atoms with Gasteiger partial charge in [-0.15, -0.1) is 0 Å². The Kier molecular flexibility index (Phi) is 32.3. The molecule has 6 heteroatoms. The fourth-order valence-electron chi connectivity index (χ4n) is 10.6. The molecule has 0 bridgehead atoms. The first-order valence-corrected chi connectivity index (χ1v) is 22.1. The van der Waals surface area contributed by atoms with Gasteiger partial charge in [-0.3, -0.25) is 0 Å². The van der Waals surface area contributed by atoms with E-state index in [1.54, 1.807) is 66.8 Å². The van der Waals surface area contributed by atoms with Gasteiger partial charge < -0.3 is 39.7 Å². The van der Waals surface area contributed by atoms with Crippen LogP contribution in [0, 0.1) is 53.4 Å². The predicted molar refractivity (Wildman–Crippen MR) is 279 cm³/mol. The van der Waals surface area contributed by atoms with Gasteiger partial charge in [-0.2, -0.15) is 0 Å². The van der Waals surface area contributed by atoms with E-state index in [-0.39, 0.29) is 175 Å². The van der Waals surface area contributed by atoms with E-state index in [4.69, 9.17) is 0 Å². The van der Waals surface area contributed by atoms with Crippen LogP contribution in [0.15, 0.2) is 85.2 Å². The van der Waals surface area contributed by atoms with E-state index in [2.05, 4.69) is 123 Å². The first-order chi connectivity index (χ1) is 27.3. The molecule has 6 aliphatic carbocycles. The van der Waals surface area contributed by atoms with Gasteiger partial charge in [-0.25, -0.2) is 0 Å². The van der Waals surface area contributed by atoms with E-state index in [1.165, 1.54) is 98.9 Å². The molecule has 12 rings (SSSR count). The zero-order valence-corrected chi connectivity index (χ0v) is 52.1. The Balaban J connectivity index is 0. The van der Waals surface area contributed by atoms with Crippen LogP contribution in [0.3, 0.4) is 0 Å². The van der Waals surface area contributed by atoms with E-state index in [1.807, 2.05) is 12.4 Å². The van der Waals surface area contributed by atoms with Crippen molar-refractivity contribution in [2.24, 2.45) is 23.7 Å². The van der Waals surface area contributed by atoms with Crippen molar-refractivity contribution in [3.63, 3.8) is 0 Å². The predicted octanol–water partition coefficient (Wildman–Crippen LogP) is 16.4. The van der Waals surface area contributed by atoms with Crippen molar-refractivity contribution in [2.75, 3.05) is 0 Å². The number of allylic oxidation sites excluding steroid dienone is 2. The second kappa shape index (κ2) is 31.3. The molecule has 0 amide bonds. The van der Waals surface area contributed by atoms with Crippen LogP contribution in [0.25, 0.3) is 34.0 Å². The number of nitrogens with one attached hydrogen (secondary N) is 2. The van der Waals surface area contributed by atoms with Crippen molar-refractivity contribution in [1.82, 2.24) is 9.97 Å². The van der Waals surface area contributed by atoms with Crippen LogP contribution >= 0.6 is 0 Å². The van der Waals surface area contributed by atoms with Crippen LogP contribution in [-0.2, 0) is 195 Å². The van der Waals surface area contributed by atoms with Gasteiger partial charge in [0.25, 0.3) is 0 Å². The molecule has 2 N–H and O–H groups in total. The van der Waals surface area contributed by atoms with Gasteiger partial charge in [0.1, 0.15) is 0 Å². The molecule has 66 heavy (non-hydrogen) atoms. The minimum absolute atomic E-state index is 0. The summed E-state index contributed by atoms with van der Waals surface area (Å²) < 4.78 is 0. The van der Waals surface area contributed by atoms with Gasteiger partial charge in [0.15, 0.2) is 0 Å². The van der Waals surface area contributed by atoms with Gasteiger partial charge in [0.05, 0.1) is 0 Å². The topological polar surface area (TPSA) is 31.6 Å². The molecule has 4 radical (unpaired) electrons. The number of aromatic nitrogens is 2. The van der Waals surface area contributed by atoms with Gasteiger partial charge in [0.2, 0.25) is 0 Å². The molecule has 0 fully saturated rings. The minimum Gasteiger partial charge on any atom is -0.361 e. The first kappa shape index (κ1) is 67.9. The Bertz CT molecular complexity index is 2260. The zero-order chi connectivity index (χ0) is 38.2. The number of aromatic amines is 2. The fourth-order valence-corrected chi connectivity index (χ4v) is 10.6. The van der Waals surface area contributed by atoms with Crippen molar-refractivity contribution >= 4 is 34.0 Å². The normalized spacial score (nSPS) is 18.8. The van der Waals surface area contributed by atoms with E-state index in [9.17, 15) is 0 Å². The number of benzene rings is 4. The third-order valence-corrected chi connectivity index (χ3v) is 13.9. The van der Waals surface area contributed by atoms with Crippen LogP contribution in [-0.4, -0.2) is 9.97 Å². The summed E-state index contributed by atoms with van der Waals surface area (Å²) in [7, 11) is 0. The van der Waals surface area contributed by atoms with Crippen molar-refractivity contribution < 1.29 is 131 Å². The monoisotopic (exact) mass is 1190 g/mol. The van der Waals surface area contributed by atoms with Crippen LogP contribution < -0.4 is 0 Å². The second-order valence-electron chi connectivity index (χ2n) is 18.5. The van der Waals surface area contributed by atoms with Crippen LogP contribution in [0.2, 0.25) is 0 Å². The molecule has 2 nitrogen and oxygen atoms in total. The standard InChI is InChI=1S/2C14H16.2C13H15N.2CH4.4CH3.4Y/c2*1-10-5-8-14-12(9-10)7-6-11-3-2-4-13(11)14;2*1-9-2-3-10-8-13-11(4-5-14-13)7-12(10)6-9;;;;;;;;;;/h2*2,4,6-7,10H,3,5,8-9H2,1H3;2*4-5,7-9,14H,2-3,6H2,1H3;2*1H4;4*1H3;;;;/q;;;;;;4*-1;;;;. The number of rotatable bonds is 0. The SMILES string of the molecule is C.C.CC1CCc2c(ccc3c2C=CC3)C1.CC1CCc2c(ccc3c2C=CC3)C1.CC1CCc2cc3[nH]ccc3cc2C1.CC1CCc2cc3[nH]ccc3cc2C1.[CH3-].[CH3-].[CH3-].[CH3-].[Y].[Y].[Y].[Y]. The first-order valence-electron chi connectivity index (χ1n) is 22.1. The smallest absolute Gasteiger partial charge is 0.0456 e. The Morgan fingerprint density at radius 3 is 1.11 bits per heavy atom. The molecule has 348 valence electrons. The summed E-state index contributed by atoms with van der Waals surface area (Å²) in [5.41, 5.74) is 21.5. The van der Waals surface area contributed by atoms with E-state index in [0.717, 1.165) is 36.5 Å². The summed E-state index contributed by atoms with van der Waals surface area (Å²) in [6.45, 7) is 9.44. The number of hydrogen-bond donors (Lipinski definition) is 2. The number of H-pyrrole nitrogens is 2. The van der Waals surface area contributed by atoms with Crippen molar-refractivity contribution in [2.45, 2.75) is 132 Å². The quantitative estimate of drug-likeness (QED) is 0.142. The maximum absolute atomic E-state index is 3.28.